The number of nitrogens with zero attached hydrogens (tertiary/aromatic N) is 1. The van der Waals surface area contributed by atoms with Crippen molar-refractivity contribution >= 4 is 23.1 Å². The van der Waals surface area contributed by atoms with Gasteiger partial charge in [0, 0.05) is 5.69 Å². The van der Waals surface area contributed by atoms with Crippen LogP contribution in [0.3, 0.4) is 0 Å². The summed E-state index contributed by atoms with van der Waals surface area (Å²) >= 11 is 0. The number of aryl methyl sites for hydroxylation is 2. The SMILES string of the molecule is Cc1ccc(CN2C(=O)C(Nc3cccc(C(F)(F)F)c3)=C(c3ccc(C)cc3)C2=O)cc1. The highest BCUT2D eigenvalue weighted by molar-refractivity contribution is 6.36. The number of halogens is 3. The van der Waals surface area contributed by atoms with Gasteiger partial charge >= 0.3 is 6.18 Å². The monoisotopic (exact) mass is 450 g/mol. The molecule has 3 aromatic rings. The van der Waals surface area contributed by atoms with Gasteiger partial charge in [0.05, 0.1) is 17.7 Å². The molecule has 1 N–H and O–H groups in total. The lowest BCUT2D eigenvalue weighted by atomic mass is 10.0. The zero-order valence-electron chi connectivity index (χ0n) is 18.0. The van der Waals surface area contributed by atoms with Gasteiger partial charge in [-0.15, -0.1) is 0 Å². The molecule has 2 amide bonds. The second-order valence-electron chi connectivity index (χ2n) is 8.00. The molecule has 0 aliphatic carbocycles. The van der Waals surface area contributed by atoms with Gasteiger partial charge < -0.3 is 5.32 Å². The molecule has 0 fully saturated rings. The summed E-state index contributed by atoms with van der Waals surface area (Å²) in [6, 6.07) is 19.0. The minimum absolute atomic E-state index is 0.0460. The Morgan fingerprint density at radius 1 is 0.818 bits per heavy atom. The second kappa shape index (κ2) is 8.58. The molecule has 0 bridgehead atoms. The van der Waals surface area contributed by atoms with E-state index in [9.17, 15) is 22.8 Å². The molecule has 1 aliphatic rings. The molecular formula is C26H21F3N2O2. The highest BCUT2D eigenvalue weighted by atomic mass is 19.4. The van der Waals surface area contributed by atoms with Crippen LogP contribution < -0.4 is 5.32 Å². The number of carbonyl (C=O) groups is 2. The number of anilines is 1. The quantitative estimate of drug-likeness (QED) is 0.506. The van der Waals surface area contributed by atoms with Crippen molar-refractivity contribution in [2.24, 2.45) is 0 Å². The summed E-state index contributed by atoms with van der Waals surface area (Å²) < 4.78 is 39.5. The zero-order chi connectivity index (χ0) is 23.8. The van der Waals surface area contributed by atoms with Gasteiger partial charge in [0.25, 0.3) is 11.8 Å². The molecule has 0 spiro atoms. The van der Waals surface area contributed by atoms with Crippen LogP contribution in [-0.4, -0.2) is 16.7 Å². The first-order valence-corrected chi connectivity index (χ1v) is 10.3. The lowest BCUT2D eigenvalue weighted by Crippen LogP contribution is -2.32. The molecule has 1 aliphatic heterocycles. The van der Waals surface area contributed by atoms with E-state index in [4.69, 9.17) is 0 Å². The Hall–Kier alpha value is -3.87. The third kappa shape index (κ3) is 4.67. The number of benzene rings is 3. The fourth-order valence-electron chi connectivity index (χ4n) is 3.62. The molecule has 1 heterocycles. The van der Waals surface area contributed by atoms with Crippen LogP contribution in [0.1, 0.15) is 27.8 Å². The van der Waals surface area contributed by atoms with Gasteiger partial charge in [-0.25, -0.2) is 0 Å². The topological polar surface area (TPSA) is 49.4 Å². The van der Waals surface area contributed by atoms with Crippen LogP contribution in [0.15, 0.2) is 78.5 Å². The van der Waals surface area contributed by atoms with E-state index in [0.29, 0.717) is 5.56 Å². The van der Waals surface area contributed by atoms with Gasteiger partial charge in [-0.1, -0.05) is 65.7 Å². The first-order valence-electron chi connectivity index (χ1n) is 10.3. The predicted molar refractivity (Wildman–Crippen MR) is 120 cm³/mol. The fourth-order valence-corrected chi connectivity index (χ4v) is 3.62. The zero-order valence-corrected chi connectivity index (χ0v) is 18.0. The van der Waals surface area contributed by atoms with Crippen LogP contribution in [0.25, 0.3) is 5.57 Å². The summed E-state index contributed by atoms with van der Waals surface area (Å²) in [5.74, 6) is -1.09. The van der Waals surface area contributed by atoms with Crippen molar-refractivity contribution in [3.8, 4) is 0 Å². The Morgan fingerprint density at radius 3 is 2.03 bits per heavy atom. The van der Waals surface area contributed by atoms with E-state index in [-0.39, 0.29) is 23.5 Å². The van der Waals surface area contributed by atoms with Crippen LogP contribution >= 0.6 is 0 Å². The predicted octanol–water partition coefficient (Wildman–Crippen LogP) is 5.71. The maximum atomic E-state index is 13.3. The van der Waals surface area contributed by atoms with Gasteiger partial charge in [0.15, 0.2) is 0 Å². The molecule has 4 rings (SSSR count). The number of alkyl halides is 3. The van der Waals surface area contributed by atoms with Crippen molar-refractivity contribution < 1.29 is 22.8 Å². The van der Waals surface area contributed by atoms with Gasteiger partial charge in [0.1, 0.15) is 5.70 Å². The van der Waals surface area contributed by atoms with E-state index in [0.717, 1.165) is 33.7 Å². The molecule has 4 nitrogen and oxygen atoms in total. The van der Waals surface area contributed by atoms with Crippen molar-refractivity contribution in [3.05, 3.63) is 106 Å². The third-order valence-corrected chi connectivity index (χ3v) is 5.43. The summed E-state index contributed by atoms with van der Waals surface area (Å²) in [5, 5.41) is 2.79. The van der Waals surface area contributed by atoms with E-state index in [1.807, 2.05) is 50.2 Å². The molecule has 0 unspecified atom stereocenters. The summed E-state index contributed by atoms with van der Waals surface area (Å²) in [4.78, 5) is 27.7. The van der Waals surface area contributed by atoms with Crippen LogP contribution in [0.4, 0.5) is 18.9 Å². The number of amides is 2. The van der Waals surface area contributed by atoms with Crippen molar-refractivity contribution in [3.63, 3.8) is 0 Å². The fraction of sp³-hybridized carbons (Fsp3) is 0.154. The molecule has 3 aromatic carbocycles. The number of imide groups is 1. The second-order valence-corrected chi connectivity index (χ2v) is 8.00. The Balaban J connectivity index is 1.74. The van der Waals surface area contributed by atoms with Crippen molar-refractivity contribution in [2.75, 3.05) is 5.32 Å². The van der Waals surface area contributed by atoms with Crippen molar-refractivity contribution in [2.45, 2.75) is 26.6 Å². The van der Waals surface area contributed by atoms with E-state index in [1.165, 1.54) is 12.1 Å². The Bertz CT molecular complexity index is 1240. The van der Waals surface area contributed by atoms with Crippen molar-refractivity contribution in [1.29, 1.82) is 0 Å². The highest BCUT2D eigenvalue weighted by Gasteiger charge is 2.39. The van der Waals surface area contributed by atoms with Crippen LogP contribution in [0.2, 0.25) is 0 Å². The van der Waals surface area contributed by atoms with Crippen LogP contribution in [0, 0.1) is 13.8 Å². The summed E-state index contributed by atoms with van der Waals surface area (Å²) in [5.41, 5.74) is 2.61. The van der Waals surface area contributed by atoms with E-state index in [1.54, 1.807) is 12.1 Å². The lowest BCUT2D eigenvalue weighted by molar-refractivity contribution is -0.138. The first-order chi connectivity index (χ1) is 15.6. The number of nitrogens with one attached hydrogen (secondary N) is 1. The molecule has 0 saturated heterocycles. The van der Waals surface area contributed by atoms with Crippen LogP contribution in [-0.2, 0) is 22.3 Å². The smallest absolute Gasteiger partial charge is 0.350 e. The molecule has 0 radical (unpaired) electrons. The molecule has 33 heavy (non-hydrogen) atoms. The average molecular weight is 450 g/mol. The molecule has 7 heteroatoms. The Morgan fingerprint density at radius 2 is 1.42 bits per heavy atom. The lowest BCUT2D eigenvalue weighted by Gasteiger charge is -2.16. The van der Waals surface area contributed by atoms with E-state index >= 15 is 0 Å². The van der Waals surface area contributed by atoms with Gasteiger partial charge in [0.2, 0.25) is 0 Å². The third-order valence-electron chi connectivity index (χ3n) is 5.43. The van der Waals surface area contributed by atoms with Gasteiger partial charge in [-0.2, -0.15) is 13.2 Å². The molecule has 0 saturated carbocycles. The van der Waals surface area contributed by atoms with Crippen LogP contribution in [0.5, 0.6) is 0 Å². The molecular weight excluding hydrogens is 429 g/mol. The normalized spacial score (nSPS) is 14.3. The maximum Gasteiger partial charge on any atom is 0.416 e. The minimum Gasteiger partial charge on any atom is -0.350 e. The standard InChI is InChI=1S/C26H21F3N2O2/c1-16-6-10-18(11-7-16)15-31-24(32)22(19-12-8-17(2)9-13-19)23(25(31)33)30-21-5-3-4-20(14-21)26(27,28)29/h3-14,30H,15H2,1-2H3. The van der Waals surface area contributed by atoms with Crippen molar-refractivity contribution in [1.82, 2.24) is 4.90 Å². The Kier molecular flexibility index (Phi) is 5.80. The summed E-state index contributed by atoms with van der Waals surface area (Å²) in [7, 11) is 0. The summed E-state index contributed by atoms with van der Waals surface area (Å²) in [6.45, 7) is 3.89. The average Bonchev–Trinajstić information content (AvgIpc) is 3.00. The maximum absolute atomic E-state index is 13.3. The highest BCUT2D eigenvalue weighted by Crippen LogP contribution is 2.34. The number of carbonyl (C=O) groups excluding carboxylic acids is 2. The summed E-state index contributed by atoms with van der Waals surface area (Å²) in [6.07, 6.45) is -4.53. The minimum atomic E-state index is -4.53. The molecule has 168 valence electrons. The largest absolute Gasteiger partial charge is 0.416 e. The number of rotatable bonds is 5. The first kappa shape index (κ1) is 22.3. The van der Waals surface area contributed by atoms with E-state index < -0.39 is 23.6 Å². The van der Waals surface area contributed by atoms with Gasteiger partial charge in [-0.05, 0) is 43.2 Å². The number of hydrogen-bond donors (Lipinski definition) is 1. The molecule has 0 aromatic heterocycles. The van der Waals surface area contributed by atoms with Gasteiger partial charge in [-0.3, -0.25) is 14.5 Å². The Labute approximate surface area is 189 Å². The number of hydrogen-bond acceptors (Lipinski definition) is 3. The van der Waals surface area contributed by atoms with E-state index in [2.05, 4.69) is 5.32 Å². The molecule has 0 atom stereocenters.